The van der Waals surface area contributed by atoms with Gasteiger partial charge in [-0.15, -0.1) is 12.4 Å². The van der Waals surface area contributed by atoms with E-state index in [1.807, 2.05) is 0 Å². The molecule has 0 heterocycles. The number of hydrogen-bond donors (Lipinski definition) is 0. The fraction of sp³-hybridized carbons (Fsp3) is 0. The van der Waals surface area contributed by atoms with Gasteiger partial charge in [0.15, 0.2) is 0 Å². The standard InChI is InChI=1S/CH2O2S.ClH/c1-4(2)3;/h1H2;1H. The smallest absolute Gasteiger partial charge is 0.185 e. The van der Waals surface area contributed by atoms with Gasteiger partial charge < -0.3 is 0 Å². The second-order valence-electron chi connectivity index (χ2n) is 0.304. The van der Waals surface area contributed by atoms with E-state index < -0.39 is 10.3 Å². The minimum absolute atomic E-state index is 0. The lowest BCUT2D eigenvalue weighted by atomic mass is 12.0. The maximum absolute atomic E-state index is 8.89. The van der Waals surface area contributed by atoms with Crippen LogP contribution >= 0.6 is 12.4 Å². The molecule has 0 rings (SSSR count). The molecule has 0 aromatic heterocycles. The summed E-state index contributed by atoms with van der Waals surface area (Å²) in [5.41, 5.74) is 0. The molecule has 4 heteroatoms. The first-order chi connectivity index (χ1) is 1.73. The van der Waals surface area contributed by atoms with Crippen molar-refractivity contribution < 1.29 is 8.42 Å². The molecule has 0 aromatic carbocycles. The minimum atomic E-state index is -2.11. The van der Waals surface area contributed by atoms with Crippen molar-refractivity contribution in [3.63, 3.8) is 0 Å². The molecular formula is CH3ClO2S. The normalized spacial score (nSPS) is 4.80. The predicted molar refractivity (Wildman–Crippen MR) is 23.3 cm³/mol. The van der Waals surface area contributed by atoms with Crippen molar-refractivity contribution in [2.45, 2.75) is 0 Å². The highest BCUT2D eigenvalue weighted by atomic mass is 35.5. The molecule has 0 amide bonds. The largest absolute Gasteiger partial charge is 0.206 e. The molecule has 32 valence electrons. The van der Waals surface area contributed by atoms with Gasteiger partial charge in [-0.3, -0.25) is 0 Å². The zero-order valence-electron chi connectivity index (χ0n) is 2.34. The third-order valence-electron chi connectivity index (χ3n) is 0. The topological polar surface area (TPSA) is 34.1 Å². The maximum Gasteiger partial charge on any atom is 0.206 e. The van der Waals surface area contributed by atoms with Crippen LogP contribution in [0, 0.1) is 0 Å². The van der Waals surface area contributed by atoms with Crippen LogP contribution in [-0.2, 0) is 10.3 Å². The molecule has 0 spiro atoms. The van der Waals surface area contributed by atoms with Crippen molar-refractivity contribution >= 4 is 28.6 Å². The Morgan fingerprint density at radius 1 is 1.40 bits per heavy atom. The highest BCUT2D eigenvalue weighted by Gasteiger charge is 1.28. The van der Waals surface area contributed by atoms with Crippen LogP contribution in [0.1, 0.15) is 0 Å². The van der Waals surface area contributed by atoms with Gasteiger partial charge in [0.05, 0.1) is 0 Å². The number of rotatable bonds is 0. The zero-order chi connectivity index (χ0) is 3.58. The maximum atomic E-state index is 8.89. The Bertz CT molecular complexity index is 79.0. The highest BCUT2D eigenvalue weighted by Crippen LogP contribution is 1.08. The van der Waals surface area contributed by atoms with E-state index in [0.717, 1.165) is 0 Å². The minimum Gasteiger partial charge on any atom is -0.185 e. The van der Waals surface area contributed by atoms with Crippen LogP contribution in [0.2, 0.25) is 0 Å². The summed E-state index contributed by atoms with van der Waals surface area (Å²) in [6.07, 6.45) is 0. The van der Waals surface area contributed by atoms with E-state index in [1.165, 1.54) is 0 Å². The zero-order valence-corrected chi connectivity index (χ0v) is 3.97. The van der Waals surface area contributed by atoms with Crippen molar-refractivity contribution in [2.24, 2.45) is 0 Å². The molecule has 0 N–H and O–H groups in total. The Kier molecular flexibility index (Phi) is 7.07. The molecule has 0 saturated heterocycles. The van der Waals surface area contributed by atoms with Crippen LogP contribution in [0.25, 0.3) is 0 Å². The second kappa shape index (κ2) is 3.98. The van der Waals surface area contributed by atoms with E-state index in [1.54, 1.807) is 0 Å². The van der Waals surface area contributed by atoms with Gasteiger partial charge in [-0.1, -0.05) is 0 Å². The Balaban J connectivity index is 0. The molecule has 0 aromatic rings. The van der Waals surface area contributed by atoms with Crippen LogP contribution in [0.5, 0.6) is 0 Å². The molecule has 0 atom stereocenters. The Labute approximate surface area is 37.8 Å². The van der Waals surface area contributed by atoms with E-state index in [0.29, 0.717) is 0 Å². The van der Waals surface area contributed by atoms with Crippen LogP contribution in [0.3, 0.4) is 0 Å². The molecule has 0 fully saturated rings. The van der Waals surface area contributed by atoms with E-state index in [9.17, 15) is 0 Å². The van der Waals surface area contributed by atoms with Gasteiger partial charge in [-0.05, 0) is 0 Å². The molecule has 0 saturated carbocycles. The average molecular weight is 115 g/mol. The second-order valence-corrected chi connectivity index (χ2v) is 0.911. The van der Waals surface area contributed by atoms with E-state index in [4.69, 9.17) is 8.42 Å². The van der Waals surface area contributed by atoms with E-state index in [-0.39, 0.29) is 12.4 Å². The predicted octanol–water partition coefficient (Wildman–Crippen LogP) is -0.281. The molecule has 0 aliphatic heterocycles. The number of hydrogen-bond acceptors (Lipinski definition) is 2. The van der Waals surface area contributed by atoms with Crippen molar-refractivity contribution in [1.29, 1.82) is 0 Å². The van der Waals surface area contributed by atoms with Gasteiger partial charge in [-0.2, -0.15) is 8.42 Å². The molecule has 0 aliphatic rings. The van der Waals surface area contributed by atoms with Crippen LogP contribution in [0.15, 0.2) is 0 Å². The molecule has 0 unspecified atom stereocenters. The fourth-order valence-corrected chi connectivity index (χ4v) is 0. The quantitative estimate of drug-likeness (QED) is 0.406. The fourth-order valence-electron chi connectivity index (χ4n) is 0. The summed E-state index contributed by atoms with van der Waals surface area (Å²) in [5.74, 6) is 2.56. The van der Waals surface area contributed by atoms with Crippen LogP contribution < -0.4 is 0 Å². The third kappa shape index (κ3) is 39000. The van der Waals surface area contributed by atoms with Gasteiger partial charge in [0, 0.05) is 5.87 Å². The monoisotopic (exact) mass is 114 g/mol. The van der Waals surface area contributed by atoms with Gasteiger partial charge in [0.2, 0.25) is 10.3 Å². The van der Waals surface area contributed by atoms with Crippen molar-refractivity contribution in [2.75, 3.05) is 0 Å². The molecule has 2 nitrogen and oxygen atoms in total. The van der Waals surface area contributed by atoms with Gasteiger partial charge in [0.1, 0.15) is 0 Å². The lowest BCUT2D eigenvalue weighted by molar-refractivity contribution is 0.627. The summed E-state index contributed by atoms with van der Waals surface area (Å²) in [7, 11) is -2.11. The summed E-state index contributed by atoms with van der Waals surface area (Å²) >= 11 is 0. The van der Waals surface area contributed by atoms with Gasteiger partial charge >= 0.3 is 0 Å². The SMILES string of the molecule is C=S(=O)=O.Cl. The summed E-state index contributed by atoms with van der Waals surface area (Å²) in [4.78, 5) is 0. The summed E-state index contributed by atoms with van der Waals surface area (Å²) in [5, 5.41) is 0. The van der Waals surface area contributed by atoms with Crippen molar-refractivity contribution in [3.8, 4) is 0 Å². The lowest BCUT2D eigenvalue weighted by Crippen LogP contribution is -1.39. The Morgan fingerprint density at radius 3 is 1.40 bits per heavy atom. The summed E-state index contributed by atoms with van der Waals surface area (Å²) in [6.45, 7) is 0. The first-order valence-electron chi connectivity index (χ1n) is 0.622. The van der Waals surface area contributed by atoms with Gasteiger partial charge in [0.25, 0.3) is 0 Å². The van der Waals surface area contributed by atoms with E-state index in [2.05, 4.69) is 5.87 Å². The first-order valence-corrected chi connectivity index (χ1v) is 1.87. The Hall–Kier alpha value is -0.0200. The van der Waals surface area contributed by atoms with Crippen molar-refractivity contribution in [1.82, 2.24) is 0 Å². The molecule has 0 bridgehead atoms. The first kappa shape index (κ1) is 8.88. The number of halogens is 1. The molecular weight excluding hydrogens is 112 g/mol. The highest BCUT2D eigenvalue weighted by molar-refractivity contribution is 7.70. The summed E-state index contributed by atoms with van der Waals surface area (Å²) in [6, 6.07) is 0. The lowest BCUT2D eigenvalue weighted by Gasteiger charge is -1.19. The molecule has 0 radical (unpaired) electrons. The average Bonchev–Trinajstić information content (AvgIpc) is 0.811. The van der Waals surface area contributed by atoms with Crippen LogP contribution in [-0.4, -0.2) is 14.3 Å². The van der Waals surface area contributed by atoms with Gasteiger partial charge in [-0.25, -0.2) is 0 Å². The van der Waals surface area contributed by atoms with Crippen LogP contribution in [0.4, 0.5) is 0 Å². The van der Waals surface area contributed by atoms with Crippen molar-refractivity contribution in [3.05, 3.63) is 0 Å². The Morgan fingerprint density at radius 2 is 1.40 bits per heavy atom. The van der Waals surface area contributed by atoms with E-state index >= 15 is 0 Å². The summed E-state index contributed by atoms with van der Waals surface area (Å²) < 4.78 is 17.8. The molecule has 0 aliphatic carbocycles. The molecule has 5 heavy (non-hydrogen) atoms. The third-order valence-corrected chi connectivity index (χ3v) is 0.